The molecule has 0 atom stereocenters. The molecule has 0 amide bonds. The Morgan fingerprint density at radius 1 is 1.38 bits per heavy atom. The maximum absolute atomic E-state index is 12.3. The SMILES string of the molecule is Cc1ccc([N+](=O)[O-])cc1NS(=O)(=O)c1sc(Cl)nc1C. The number of nitro benzene ring substituents is 1. The van der Waals surface area contributed by atoms with Crippen molar-refractivity contribution >= 4 is 44.3 Å². The largest absolute Gasteiger partial charge is 0.278 e. The van der Waals surface area contributed by atoms with Crippen molar-refractivity contribution in [1.29, 1.82) is 0 Å². The molecule has 1 heterocycles. The zero-order chi connectivity index (χ0) is 15.8. The first-order valence-electron chi connectivity index (χ1n) is 5.61. The molecule has 112 valence electrons. The van der Waals surface area contributed by atoms with E-state index in [4.69, 9.17) is 11.6 Å². The van der Waals surface area contributed by atoms with E-state index in [1.54, 1.807) is 6.92 Å². The molecule has 21 heavy (non-hydrogen) atoms. The Bertz CT molecular complexity index is 817. The Morgan fingerprint density at radius 3 is 2.57 bits per heavy atom. The molecule has 0 unspecified atom stereocenters. The van der Waals surface area contributed by atoms with Crippen molar-refractivity contribution in [3.8, 4) is 0 Å². The Hall–Kier alpha value is -1.71. The van der Waals surface area contributed by atoms with Crippen LogP contribution < -0.4 is 4.72 Å². The van der Waals surface area contributed by atoms with E-state index >= 15 is 0 Å². The van der Waals surface area contributed by atoms with Crippen LogP contribution in [0.25, 0.3) is 0 Å². The first kappa shape index (κ1) is 15.7. The lowest BCUT2D eigenvalue weighted by molar-refractivity contribution is -0.384. The second-order valence-corrected chi connectivity index (χ2v) is 7.66. The Labute approximate surface area is 129 Å². The number of hydrogen-bond donors (Lipinski definition) is 1. The Kier molecular flexibility index (Phi) is 4.17. The van der Waals surface area contributed by atoms with Gasteiger partial charge in [-0.3, -0.25) is 14.8 Å². The second-order valence-electron chi connectivity index (χ2n) is 4.20. The van der Waals surface area contributed by atoms with E-state index in [0.29, 0.717) is 5.56 Å². The molecular weight excluding hydrogens is 338 g/mol. The minimum atomic E-state index is -3.89. The summed E-state index contributed by atoms with van der Waals surface area (Å²) in [5.41, 5.74) is 0.795. The average Bonchev–Trinajstić information content (AvgIpc) is 2.71. The summed E-state index contributed by atoms with van der Waals surface area (Å²) in [6, 6.07) is 3.95. The first-order chi connectivity index (χ1) is 9.70. The zero-order valence-corrected chi connectivity index (χ0v) is 13.3. The van der Waals surface area contributed by atoms with E-state index in [2.05, 4.69) is 9.71 Å². The average molecular weight is 348 g/mol. The molecule has 0 spiro atoms. The fourth-order valence-corrected chi connectivity index (χ4v) is 4.49. The third-order valence-electron chi connectivity index (χ3n) is 2.65. The summed E-state index contributed by atoms with van der Waals surface area (Å²) in [5, 5.41) is 10.8. The molecule has 10 heteroatoms. The van der Waals surface area contributed by atoms with E-state index in [-0.39, 0.29) is 25.7 Å². The topological polar surface area (TPSA) is 102 Å². The lowest BCUT2D eigenvalue weighted by atomic mass is 10.2. The monoisotopic (exact) mass is 347 g/mol. The quantitative estimate of drug-likeness (QED) is 0.676. The predicted molar refractivity (Wildman–Crippen MR) is 80.5 cm³/mol. The highest BCUT2D eigenvalue weighted by molar-refractivity contribution is 7.94. The van der Waals surface area contributed by atoms with Crippen LogP contribution in [0.3, 0.4) is 0 Å². The minimum absolute atomic E-state index is 0.0154. The number of halogens is 1. The number of hydrogen-bond acceptors (Lipinski definition) is 6. The summed E-state index contributed by atoms with van der Waals surface area (Å²) in [6.07, 6.45) is 0. The third-order valence-corrected chi connectivity index (χ3v) is 5.89. The van der Waals surface area contributed by atoms with Crippen LogP contribution in [-0.4, -0.2) is 18.3 Å². The number of anilines is 1. The summed E-state index contributed by atoms with van der Waals surface area (Å²) in [6.45, 7) is 3.17. The molecule has 1 aromatic carbocycles. The van der Waals surface area contributed by atoms with Gasteiger partial charge in [-0.2, -0.15) is 0 Å². The number of nitro groups is 1. The molecule has 0 radical (unpaired) electrons. The first-order valence-corrected chi connectivity index (χ1v) is 8.29. The van der Waals surface area contributed by atoms with Gasteiger partial charge in [0, 0.05) is 12.1 Å². The van der Waals surface area contributed by atoms with Crippen LogP contribution in [-0.2, 0) is 10.0 Å². The Morgan fingerprint density at radius 2 is 2.05 bits per heavy atom. The van der Waals surface area contributed by atoms with Crippen molar-refractivity contribution in [2.75, 3.05) is 4.72 Å². The van der Waals surface area contributed by atoms with Crippen molar-refractivity contribution in [3.05, 3.63) is 44.0 Å². The van der Waals surface area contributed by atoms with Gasteiger partial charge in [-0.05, 0) is 19.4 Å². The summed E-state index contributed by atoms with van der Waals surface area (Å²) < 4.78 is 27.0. The summed E-state index contributed by atoms with van der Waals surface area (Å²) >= 11 is 6.53. The number of rotatable bonds is 4. The van der Waals surface area contributed by atoms with E-state index < -0.39 is 14.9 Å². The van der Waals surface area contributed by atoms with Crippen molar-refractivity contribution < 1.29 is 13.3 Å². The van der Waals surface area contributed by atoms with Crippen molar-refractivity contribution in [2.45, 2.75) is 18.1 Å². The van der Waals surface area contributed by atoms with Crippen LogP contribution in [0.5, 0.6) is 0 Å². The van der Waals surface area contributed by atoms with Gasteiger partial charge in [0.2, 0.25) is 0 Å². The number of non-ortho nitro benzene ring substituents is 1. The highest BCUT2D eigenvalue weighted by atomic mass is 35.5. The van der Waals surface area contributed by atoms with Crippen LogP contribution in [0.4, 0.5) is 11.4 Å². The molecule has 0 aliphatic heterocycles. The van der Waals surface area contributed by atoms with Gasteiger partial charge >= 0.3 is 0 Å². The molecule has 1 aromatic heterocycles. The maximum Gasteiger partial charge on any atom is 0.273 e. The number of sulfonamides is 1. The van der Waals surface area contributed by atoms with Gasteiger partial charge in [-0.1, -0.05) is 29.0 Å². The van der Waals surface area contributed by atoms with Crippen LogP contribution >= 0.6 is 22.9 Å². The maximum atomic E-state index is 12.3. The van der Waals surface area contributed by atoms with Crippen LogP contribution in [0, 0.1) is 24.0 Å². The zero-order valence-electron chi connectivity index (χ0n) is 11.0. The smallest absolute Gasteiger partial charge is 0.273 e. The molecule has 0 aliphatic rings. The van der Waals surface area contributed by atoms with Crippen molar-refractivity contribution in [3.63, 3.8) is 0 Å². The number of aromatic nitrogens is 1. The van der Waals surface area contributed by atoms with Gasteiger partial charge in [-0.15, -0.1) is 0 Å². The van der Waals surface area contributed by atoms with Crippen LogP contribution in [0.1, 0.15) is 11.3 Å². The summed E-state index contributed by atoms with van der Waals surface area (Å²) in [7, 11) is -3.89. The predicted octanol–water partition coefficient (Wildman–Crippen LogP) is 3.12. The number of thiazole rings is 1. The van der Waals surface area contributed by atoms with E-state index in [1.165, 1.54) is 25.1 Å². The van der Waals surface area contributed by atoms with E-state index in [9.17, 15) is 18.5 Å². The number of benzene rings is 1. The van der Waals surface area contributed by atoms with Gasteiger partial charge in [0.1, 0.15) is 0 Å². The molecule has 2 rings (SSSR count). The standard InChI is InChI=1S/C11H10ClN3O4S2/c1-6-3-4-8(15(16)17)5-9(6)14-21(18,19)10-7(2)13-11(12)20-10/h3-5,14H,1-2H3. The van der Waals surface area contributed by atoms with Crippen LogP contribution in [0.2, 0.25) is 4.47 Å². The third kappa shape index (κ3) is 3.31. The number of aryl methyl sites for hydroxylation is 2. The van der Waals surface area contributed by atoms with Gasteiger partial charge in [0.05, 0.1) is 16.3 Å². The fourth-order valence-electron chi connectivity index (χ4n) is 1.62. The molecule has 7 nitrogen and oxygen atoms in total. The summed E-state index contributed by atoms with van der Waals surface area (Å²) in [5.74, 6) is 0. The summed E-state index contributed by atoms with van der Waals surface area (Å²) in [4.78, 5) is 14.0. The minimum Gasteiger partial charge on any atom is -0.278 e. The molecule has 0 saturated heterocycles. The normalized spacial score (nSPS) is 11.4. The van der Waals surface area contributed by atoms with E-state index in [0.717, 1.165) is 11.3 Å². The highest BCUT2D eigenvalue weighted by Gasteiger charge is 2.23. The Balaban J connectivity index is 2.43. The highest BCUT2D eigenvalue weighted by Crippen LogP contribution is 2.30. The number of nitrogens with zero attached hydrogens (tertiary/aromatic N) is 2. The molecule has 0 fully saturated rings. The van der Waals surface area contributed by atoms with Crippen molar-refractivity contribution in [1.82, 2.24) is 4.98 Å². The molecule has 1 N–H and O–H groups in total. The molecule has 0 saturated carbocycles. The lowest BCUT2D eigenvalue weighted by Gasteiger charge is -2.09. The van der Waals surface area contributed by atoms with Crippen molar-refractivity contribution in [2.24, 2.45) is 0 Å². The molecule has 2 aromatic rings. The van der Waals surface area contributed by atoms with Gasteiger partial charge < -0.3 is 0 Å². The number of nitrogens with one attached hydrogen (secondary N) is 1. The van der Waals surface area contributed by atoms with Gasteiger partial charge in [-0.25, -0.2) is 13.4 Å². The van der Waals surface area contributed by atoms with E-state index in [1.807, 2.05) is 0 Å². The van der Waals surface area contributed by atoms with Crippen LogP contribution in [0.15, 0.2) is 22.4 Å². The molecule has 0 aliphatic carbocycles. The van der Waals surface area contributed by atoms with Gasteiger partial charge in [0.15, 0.2) is 8.68 Å². The molecular formula is C11H10ClN3O4S2. The fraction of sp³-hybridized carbons (Fsp3) is 0.182. The second kappa shape index (κ2) is 5.58. The lowest BCUT2D eigenvalue weighted by Crippen LogP contribution is -2.13. The molecule has 0 bridgehead atoms. The van der Waals surface area contributed by atoms with Gasteiger partial charge in [0.25, 0.3) is 15.7 Å².